The number of rotatable bonds is 14. The Hall–Kier alpha value is -2.04. The Bertz CT molecular complexity index is 2020. The van der Waals surface area contributed by atoms with Gasteiger partial charge in [-0.15, -0.1) is 0 Å². The van der Waals surface area contributed by atoms with Gasteiger partial charge >= 0.3 is 11.9 Å². The van der Waals surface area contributed by atoms with Gasteiger partial charge in [-0.05, 0) is 107 Å². The van der Waals surface area contributed by atoms with Gasteiger partial charge in [0.25, 0.3) is 0 Å². The molecule has 27 atom stereocenters. The zero-order valence-electron chi connectivity index (χ0n) is 42.6. The van der Waals surface area contributed by atoms with Crippen molar-refractivity contribution in [2.45, 2.75) is 233 Å². The van der Waals surface area contributed by atoms with E-state index in [1.165, 1.54) is 19.4 Å². The van der Waals surface area contributed by atoms with Crippen molar-refractivity contribution in [2.75, 3.05) is 19.8 Å². The number of carboxylic acids is 1. The molecule has 5 heterocycles. The smallest absolute Gasteiger partial charge is 0.308 e. The van der Waals surface area contributed by atoms with Gasteiger partial charge in [-0.1, -0.05) is 32.4 Å². The van der Waals surface area contributed by atoms with Crippen molar-refractivity contribution in [2.24, 2.45) is 40.4 Å². The standard InChI is InChI=1S/C51H80O22/c1-22-34-29(72-51(22)14-13-48(4,73-51)21-65-33(56)18-47(3,64)17-32(54)55)16-28-26-8-7-24-15-25(9-11-49(24,5)27(26)10-12-50(28,34)6)67-46-43(71-44-39(61)37(59)35(57)23(2)66-44)41(63)42(31(20-53)69-46)70-45-40(62)38(60)36(58)30(19-52)68-45/h7,22-23,25-31,34-46,52-53,57-64H,8-21H2,1-6H3,(H,54,55)/t22-,23-,25-,26+,27-,28-,29-,30+,31+,34-,35-,36+,37+,38-,39+,40+,41-,42+,43+,44-,45-,46+,47-,48-,49-,50-,51-/m0/s1. The fourth-order valence-electron chi connectivity index (χ4n) is 15.1. The van der Waals surface area contributed by atoms with Gasteiger partial charge in [0, 0.05) is 12.3 Å². The molecule has 1 spiro atoms. The average Bonchev–Trinajstić information content (AvgIpc) is 3.93. The van der Waals surface area contributed by atoms with Crippen LogP contribution in [0.5, 0.6) is 0 Å². The number of hydrogen-bond acceptors (Lipinski definition) is 21. The lowest BCUT2D eigenvalue weighted by Gasteiger charge is -2.58. The minimum atomic E-state index is -1.85. The number of ether oxygens (including phenoxy) is 9. The van der Waals surface area contributed by atoms with Crippen LogP contribution in [0, 0.1) is 40.4 Å². The van der Waals surface area contributed by atoms with Gasteiger partial charge in [0.05, 0.1) is 50.0 Å². The summed E-state index contributed by atoms with van der Waals surface area (Å²) in [5.41, 5.74) is -1.44. The molecule has 22 nitrogen and oxygen atoms in total. The number of carboxylic acid groups (broad SMARTS) is 1. The zero-order chi connectivity index (χ0) is 52.9. The third-order valence-electron chi connectivity index (χ3n) is 19.1. The molecule has 0 radical (unpaired) electrons. The van der Waals surface area contributed by atoms with Crippen molar-refractivity contribution >= 4 is 11.9 Å². The summed E-state index contributed by atoms with van der Waals surface area (Å²) >= 11 is 0. The molecule has 9 aliphatic rings. The number of esters is 1. The van der Waals surface area contributed by atoms with Gasteiger partial charge in [0.1, 0.15) is 79.4 Å². The van der Waals surface area contributed by atoms with Crippen molar-refractivity contribution in [1.82, 2.24) is 0 Å². The van der Waals surface area contributed by atoms with Gasteiger partial charge in [0.15, 0.2) is 24.7 Å². The molecule has 0 aromatic heterocycles. The Morgan fingerprint density at radius 1 is 0.740 bits per heavy atom. The van der Waals surface area contributed by atoms with Crippen LogP contribution in [0.4, 0.5) is 0 Å². The summed E-state index contributed by atoms with van der Waals surface area (Å²) in [4.78, 5) is 23.8. The molecule has 0 amide bonds. The van der Waals surface area contributed by atoms with E-state index in [1.807, 2.05) is 6.92 Å². The highest BCUT2D eigenvalue weighted by molar-refractivity contribution is 5.73. The van der Waals surface area contributed by atoms with Crippen molar-refractivity contribution in [3.8, 4) is 0 Å². The van der Waals surface area contributed by atoms with E-state index in [0.29, 0.717) is 43.4 Å². The largest absolute Gasteiger partial charge is 0.481 e. The van der Waals surface area contributed by atoms with Crippen LogP contribution in [-0.4, -0.2) is 209 Å². The number of aliphatic hydroxyl groups excluding tert-OH is 9. The van der Waals surface area contributed by atoms with E-state index < -0.39 is 153 Å². The van der Waals surface area contributed by atoms with E-state index in [2.05, 4.69) is 26.8 Å². The molecule has 4 aliphatic carbocycles. The average molecular weight is 1050 g/mol. The maximum atomic E-state index is 12.7. The predicted octanol–water partition coefficient (Wildman–Crippen LogP) is -0.504. The van der Waals surface area contributed by atoms with Crippen molar-refractivity contribution in [3.63, 3.8) is 0 Å². The first-order valence-corrected chi connectivity index (χ1v) is 26.4. The predicted molar refractivity (Wildman–Crippen MR) is 247 cm³/mol. The number of carbonyl (C=O) groups is 2. The molecule has 22 heteroatoms. The summed E-state index contributed by atoms with van der Waals surface area (Å²) < 4.78 is 55.8. The molecule has 0 aromatic rings. The first-order valence-electron chi connectivity index (χ1n) is 26.4. The van der Waals surface area contributed by atoms with Gasteiger partial charge < -0.3 is 98.8 Å². The second kappa shape index (κ2) is 20.6. The molecule has 0 aromatic carbocycles. The Kier molecular flexibility index (Phi) is 15.8. The molecule has 0 bridgehead atoms. The highest BCUT2D eigenvalue weighted by Crippen LogP contribution is 2.71. The van der Waals surface area contributed by atoms with E-state index in [0.717, 1.165) is 32.1 Å². The van der Waals surface area contributed by atoms with Crippen molar-refractivity contribution < 1.29 is 108 Å². The third-order valence-corrected chi connectivity index (χ3v) is 19.1. The quantitative estimate of drug-likeness (QED) is 0.0771. The topological polar surface area (TPSA) is 340 Å². The first-order chi connectivity index (χ1) is 34.3. The van der Waals surface area contributed by atoms with Crippen LogP contribution in [0.2, 0.25) is 0 Å². The monoisotopic (exact) mass is 1040 g/mol. The van der Waals surface area contributed by atoms with Gasteiger partial charge in [0.2, 0.25) is 0 Å². The first kappa shape index (κ1) is 55.7. The Morgan fingerprint density at radius 3 is 2.08 bits per heavy atom. The molecular formula is C51H80O22. The highest BCUT2D eigenvalue weighted by Gasteiger charge is 2.70. The van der Waals surface area contributed by atoms with E-state index in [4.69, 9.17) is 47.7 Å². The number of aliphatic hydroxyl groups is 10. The normalized spacial score (nSPS) is 52.4. The maximum absolute atomic E-state index is 12.7. The van der Waals surface area contributed by atoms with Crippen molar-refractivity contribution in [1.29, 1.82) is 0 Å². The van der Waals surface area contributed by atoms with Crippen LogP contribution in [0.25, 0.3) is 0 Å². The van der Waals surface area contributed by atoms with Gasteiger partial charge in [-0.2, -0.15) is 0 Å². The van der Waals surface area contributed by atoms with Crippen LogP contribution >= 0.6 is 0 Å². The van der Waals surface area contributed by atoms with E-state index >= 15 is 0 Å². The molecule has 416 valence electrons. The summed E-state index contributed by atoms with van der Waals surface area (Å²) in [6.07, 6.45) is -15.7. The molecular weight excluding hydrogens is 965 g/mol. The van der Waals surface area contributed by atoms with Crippen LogP contribution < -0.4 is 0 Å². The molecule has 9 rings (SSSR count). The van der Waals surface area contributed by atoms with Crippen molar-refractivity contribution in [3.05, 3.63) is 11.6 Å². The number of allylic oxidation sites excluding steroid dienone is 1. The Labute approximate surface area is 424 Å². The van der Waals surface area contributed by atoms with Gasteiger partial charge in [-0.25, -0.2) is 0 Å². The lowest BCUT2D eigenvalue weighted by molar-refractivity contribution is -0.389. The zero-order valence-corrected chi connectivity index (χ0v) is 42.6. The van der Waals surface area contributed by atoms with E-state index in [1.54, 1.807) is 0 Å². The molecule has 11 N–H and O–H groups in total. The molecule has 5 aliphatic heterocycles. The second-order valence-corrected chi connectivity index (χ2v) is 24.1. The Balaban J connectivity index is 0.868. The molecule has 5 saturated heterocycles. The number of fused-ring (bicyclic) bond motifs is 7. The SMILES string of the molecule is C[C@@H]1O[C@@H](O[C@H]2[C@H](O[C@H]3CC[C@@]4(C)C(=CC[C@H]5[C@@H]6C[C@@H]7O[C@]8(CC[C@@](C)(COC(=O)C[C@@](C)(O)CC(=O)O)O8)[C@@H](C)[C@@H]7[C@@]6(C)CC[C@@H]54)C3)O[C@H](CO)[C@@H](O[C@@H]3O[C@H](CO)[C@@H](O)[C@H](O)[C@H]3O)[C@@H]2O)[C@H](O)[C@H](O)[C@H]1O. The van der Waals surface area contributed by atoms with Crippen LogP contribution in [0.3, 0.4) is 0 Å². The number of carbonyl (C=O) groups excluding carboxylic acids is 1. The summed E-state index contributed by atoms with van der Waals surface area (Å²) in [6, 6.07) is 0. The van der Waals surface area contributed by atoms with Crippen LogP contribution in [0.1, 0.15) is 112 Å². The summed E-state index contributed by atoms with van der Waals surface area (Å²) in [7, 11) is 0. The summed E-state index contributed by atoms with van der Waals surface area (Å²) in [5, 5.41) is 116. The summed E-state index contributed by atoms with van der Waals surface area (Å²) in [5.74, 6) is -1.22. The molecule has 0 unspecified atom stereocenters. The number of hydrogen-bond donors (Lipinski definition) is 11. The maximum Gasteiger partial charge on any atom is 0.308 e. The highest BCUT2D eigenvalue weighted by atomic mass is 16.8. The Morgan fingerprint density at radius 2 is 1.40 bits per heavy atom. The fourth-order valence-corrected chi connectivity index (χ4v) is 15.1. The molecule has 8 fully saturated rings. The lowest BCUT2D eigenvalue weighted by Crippen LogP contribution is -2.67. The minimum Gasteiger partial charge on any atom is -0.481 e. The third kappa shape index (κ3) is 10.1. The van der Waals surface area contributed by atoms with Crippen LogP contribution in [0.15, 0.2) is 11.6 Å². The molecule has 73 heavy (non-hydrogen) atoms. The molecule has 3 saturated carbocycles. The number of aliphatic carboxylic acids is 1. The fraction of sp³-hybridized carbons (Fsp3) is 0.922. The van der Waals surface area contributed by atoms with E-state index in [9.17, 15) is 60.7 Å². The van der Waals surface area contributed by atoms with E-state index in [-0.39, 0.29) is 35.4 Å². The second-order valence-electron chi connectivity index (χ2n) is 24.1. The minimum absolute atomic E-state index is 0.00928. The van der Waals surface area contributed by atoms with Crippen LogP contribution in [-0.2, 0) is 52.2 Å². The lowest BCUT2D eigenvalue weighted by atomic mass is 9.47. The summed E-state index contributed by atoms with van der Waals surface area (Å²) in [6.45, 7) is 10.2. The van der Waals surface area contributed by atoms with Gasteiger partial charge in [-0.3, -0.25) is 9.59 Å².